The monoisotopic (exact) mass is 326 g/mol. The Balaban J connectivity index is 2.09. The Morgan fingerprint density at radius 1 is 1.17 bits per heavy atom. The van der Waals surface area contributed by atoms with Crippen LogP contribution >= 0.6 is 0 Å². The van der Waals surface area contributed by atoms with Crippen LogP contribution in [0.3, 0.4) is 0 Å². The smallest absolute Gasteiger partial charge is 0.351 e. The van der Waals surface area contributed by atoms with Crippen LogP contribution in [0.4, 0.5) is 19.0 Å². The van der Waals surface area contributed by atoms with E-state index in [2.05, 4.69) is 9.88 Å². The first-order valence-electron chi connectivity index (χ1n) is 7.14. The van der Waals surface area contributed by atoms with E-state index >= 15 is 0 Å². The molecule has 9 heteroatoms. The minimum absolute atomic E-state index is 0.0858. The molecule has 0 unspecified atom stereocenters. The Kier molecular flexibility index (Phi) is 3.67. The van der Waals surface area contributed by atoms with Gasteiger partial charge in [-0.2, -0.15) is 13.2 Å². The topological polar surface area (TPSA) is 74.2 Å². The predicted octanol–water partition coefficient (Wildman–Crippen LogP) is 1.00. The highest BCUT2D eigenvalue weighted by molar-refractivity contribution is 5.77. The number of alkyl halides is 3. The number of hydrogen-bond acceptors (Lipinski definition) is 5. The molecular weight excluding hydrogens is 309 g/mol. The minimum Gasteiger partial charge on any atom is -0.351 e. The molecule has 2 aromatic rings. The molecule has 0 atom stereocenters. The van der Waals surface area contributed by atoms with Gasteiger partial charge in [-0.3, -0.25) is 5.41 Å². The molecule has 1 saturated heterocycles. The van der Waals surface area contributed by atoms with Crippen molar-refractivity contribution in [2.45, 2.75) is 6.18 Å². The fourth-order valence-corrected chi connectivity index (χ4v) is 2.62. The summed E-state index contributed by atoms with van der Waals surface area (Å²) in [5.74, 6) is 6.25. The summed E-state index contributed by atoms with van der Waals surface area (Å²) in [4.78, 5) is 8.45. The van der Waals surface area contributed by atoms with Gasteiger partial charge in [-0.1, -0.05) is 0 Å². The number of benzene rings is 1. The van der Waals surface area contributed by atoms with Gasteiger partial charge in [0.05, 0.1) is 16.6 Å². The van der Waals surface area contributed by atoms with E-state index in [1.165, 1.54) is 6.07 Å². The summed E-state index contributed by atoms with van der Waals surface area (Å²) in [6, 6.07) is 3.20. The Bertz CT molecular complexity index is 789. The highest BCUT2D eigenvalue weighted by Gasteiger charge is 2.31. The number of rotatable bonds is 1. The van der Waals surface area contributed by atoms with Crippen LogP contribution in [0.1, 0.15) is 5.56 Å². The second kappa shape index (κ2) is 5.41. The molecule has 3 N–H and O–H groups in total. The lowest BCUT2D eigenvalue weighted by Gasteiger charge is -2.33. The number of likely N-dealkylation sites (N-methyl/N-ethyl adjacent to an activating group) is 1. The fourth-order valence-electron chi connectivity index (χ4n) is 2.62. The third-order valence-electron chi connectivity index (χ3n) is 4.04. The molecule has 1 aliphatic rings. The lowest BCUT2D eigenvalue weighted by Crippen LogP contribution is -2.47. The average molecular weight is 326 g/mol. The lowest BCUT2D eigenvalue weighted by molar-refractivity contribution is -0.137. The minimum atomic E-state index is -4.46. The Morgan fingerprint density at radius 3 is 2.43 bits per heavy atom. The third-order valence-corrected chi connectivity index (χ3v) is 4.04. The van der Waals surface area contributed by atoms with Gasteiger partial charge in [0.1, 0.15) is 0 Å². The zero-order valence-corrected chi connectivity index (χ0v) is 12.6. The molecule has 0 radical (unpaired) electrons. The molecule has 124 valence electrons. The number of fused-ring (bicyclic) bond motifs is 1. The second-order valence-electron chi connectivity index (χ2n) is 5.65. The quantitative estimate of drug-likeness (QED) is 0.767. The lowest BCUT2D eigenvalue weighted by atomic mass is 10.2. The maximum absolute atomic E-state index is 12.8. The molecule has 0 spiro atoms. The second-order valence-corrected chi connectivity index (χ2v) is 5.65. The number of nitrogens with two attached hydrogens (primary N) is 1. The summed E-state index contributed by atoms with van der Waals surface area (Å²) in [6.45, 7) is 3.05. The number of hydrogen-bond donors (Lipinski definition) is 2. The number of anilines is 1. The summed E-state index contributed by atoms with van der Waals surface area (Å²) < 4.78 is 39.4. The Hall–Kier alpha value is -2.29. The molecule has 6 nitrogen and oxygen atoms in total. The van der Waals surface area contributed by atoms with Crippen molar-refractivity contribution in [2.75, 3.05) is 44.0 Å². The number of nitrogens with zero attached hydrogens (tertiary/aromatic N) is 4. The van der Waals surface area contributed by atoms with Crippen LogP contribution in [0, 0.1) is 5.41 Å². The molecule has 0 bridgehead atoms. The molecule has 0 amide bonds. The number of piperazine rings is 1. The Labute approximate surface area is 130 Å². The van der Waals surface area contributed by atoms with E-state index in [9.17, 15) is 13.2 Å². The SMILES string of the molecule is CN1CCN(c2nc3ccc(C(F)(F)F)cc3n(N)c2=N)CC1. The highest BCUT2D eigenvalue weighted by Crippen LogP contribution is 2.30. The number of nitrogen functional groups attached to an aromatic ring is 1. The number of halogens is 3. The van der Waals surface area contributed by atoms with Gasteiger partial charge in [-0.15, -0.1) is 0 Å². The first-order chi connectivity index (χ1) is 10.8. The van der Waals surface area contributed by atoms with Gasteiger partial charge in [0.2, 0.25) is 0 Å². The van der Waals surface area contributed by atoms with Crippen LogP contribution in [-0.4, -0.2) is 47.8 Å². The largest absolute Gasteiger partial charge is 0.416 e. The van der Waals surface area contributed by atoms with Crippen molar-refractivity contribution < 1.29 is 13.2 Å². The molecule has 3 rings (SSSR count). The van der Waals surface area contributed by atoms with Crippen molar-refractivity contribution in [1.29, 1.82) is 5.41 Å². The average Bonchev–Trinajstić information content (AvgIpc) is 2.50. The standard InChI is InChI=1S/C14H17F3N6/c1-21-4-6-22(7-5-21)13-12(18)23(19)11-8-9(14(15,16)17)2-3-10(11)20-13/h2-3,8,18H,4-7,19H2,1H3. The van der Waals surface area contributed by atoms with E-state index in [1.54, 1.807) is 0 Å². The van der Waals surface area contributed by atoms with Crippen LogP contribution in [0.2, 0.25) is 0 Å². The predicted molar refractivity (Wildman–Crippen MR) is 80.5 cm³/mol. The van der Waals surface area contributed by atoms with E-state index in [0.717, 1.165) is 29.9 Å². The van der Waals surface area contributed by atoms with Gasteiger partial charge in [0.15, 0.2) is 11.3 Å². The normalized spacial score (nSPS) is 17.0. The van der Waals surface area contributed by atoms with Gasteiger partial charge in [0.25, 0.3) is 0 Å². The first-order valence-corrected chi connectivity index (χ1v) is 7.14. The van der Waals surface area contributed by atoms with Crippen molar-refractivity contribution in [2.24, 2.45) is 0 Å². The summed E-state index contributed by atoms with van der Waals surface area (Å²) in [5.41, 5.74) is -0.479. The number of nitrogens with one attached hydrogen (secondary N) is 1. The fraction of sp³-hybridized carbons (Fsp3) is 0.429. The maximum Gasteiger partial charge on any atom is 0.416 e. The van der Waals surface area contributed by atoms with Gasteiger partial charge in [0, 0.05) is 26.2 Å². The molecule has 1 aromatic heterocycles. The summed E-state index contributed by atoms with van der Waals surface area (Å²) in [6.07, 6.45) is -4.46. The van der Waals surface area contributed by atoms with Crippen molar-refractivity contribution in [3.05, 3.63) is 29.3 Å². The van der Waals surface area contributed by atoms with Crippen LogP contribution in [0.25, 0.3) is 11.0 Å². The summed E-state index contributed by atoms with van der Waals surface area (Å²) in [5, 5.41) is 8.13. The van der Waals surface area contributed by atoms with Crippen molar-refractivity contribution >= 4 is 16.9 Å². The molecule has 1 fully saturated rings. The van der Waals surface area contributed by atoms with E-state index in [1.807, 2.05) is 11.9 Å². The maximum atomic E-state index is 12.8. The van der Waals surface area contributed by atoms with E-state index < -0.39 is 11.7 Å². The zero-order valence-electron chi connectivity index (χ0n) is 12.6. The summed E-state index contributed by atoms with van der Waals surface area (Å²) in [7, 11) is 2.01. The summed E-state index contributed by atoms with van der Waals surface area (Å²) >= 11 is 0. The van der Waals surface area contributed by atoms with E-state index in [-0.39, 0.29) is 11.0 Å². The van der Waals surface area contributed by atoms with Crippen LogP contribution in [0.5, 0.6) is 0 Å². The van der Waals surface area contributed by atoms with Crippen LogP contribution in [0.15, 0.2) is 18.2 Å². The van der Waals surface area contributed by atoms with E-state index in [0.29, 0.717) is 24.4 Å². The third kappa shape index (κ3) is 2.83. The molecule has 0 saturated carbocycles. The zero-order chi connectivity index (χ0) is 16.8. The molecule has 0 aliphatic carbocycles. The van der Waals surface area contributed by atoms with Crippen molar-refractivity contribution in [1.82, 2.24) is 14.6 Å². The first kappa shape index (κ1) is 15.6. The molecule has 1 aliphatic heterocycles. The molecule has 1 aromatic carbocycles. The van der Waals surface area contributed by atoms with E-state index in [4.69, 9.17) is 11.3 Å². The van der Waals surface area contributed by atoms with Gasteiger partial charge >= 0.3 is 6.18 Å². The van der Waals surface area contributed by atoms with Gasteiger partial charge in [-0.05, 0) is 25.2 Å². The van der Waals surface area contributed by atoms with Gasteiger partial charge < -0.3 is 15.6 Å². The van der Waals surface area contributed by atoms with Gasteiger partial charge in [-0.25, -0.2) is 9.66 Å². The van der Waals surface area contributed by atoms with Crippen LogP contribution < -0.4 is 16.2 Å². The molecule has 23 heavy (non-hydrogen) atoms. The highest BCUT2D eigenvalue weighted by atomic mass is 19.4. The Morgan fingerprint density at radius 2 is 1.83 bits per heavy atom. The van der Waals surface area contributed by atoms with Crippen LogP contribution in [-0.2, 0) is 6.18 Å². The van der Waals surface area contributed by atoms with Crippen molar-refractivity contribution in [3.8, 4) is 0 Å². The van der Waals surface area contributed by atoms with Crippen molar-refractivity contribution in [3.63, 3.8) is 0 Å². The molecular formula is C14H17F3N6. The number of aromatic nitrogens is 2. The molecule has 2 heterocycles.